The third kappa shape index (κ3) is 6.17. The maximum atomic E-state index is 4.52. The molecule has 1 fully saturated rings. The van der Waals surface area contributed by atoms with E-state index in [0.717, 1.165) is 56.0 Å². The highest BCUT2D eigenvalue weighted by Crippen LogP contribution is 2.28. The zero-order valence-electron chi connectivity index (χ0n) is 15.5. The lowest BCUT2D eigenvalue weighted by Crippen LogP contribution is -2.40. The van der Waals surface area contributed by atoms with Gasteiger partial charge in [-0.25, -0.2) is 4.98 Å². The number of aliphatic imine (C=N–C) groups is 1. The number of aryl methyl sites for hydroxylation is 2. The van der Waals surface area contributed by atoms with Gasteiger partial charge in [0.05, 0.1) is 5.01 Å². The first-order valence-corrected chi connectivity index (χ1v) is 9.92. The monoisotopic (exact) mass is 464 g/mol. The number of likely N-dealkylation sites (tertiary alicyclic amines) is 1. The number of nitrogens with one attached hydrogen (secondary N) is 1. The molecule has 2 rings (SSSR count). The van der Waals surface area contributed by atoms with Crippen LogP contribution in [0.25, 0.3) is 0 Å². The van der Waals surface area contributed by atoms with E-state index in [1.807, 2.05) is 7.05 Å². The van der Waals surface area contributed by atoms with Crippen LogP contribution in [0.2, 0.25) is 0 Å². The molecule has 138 valence electrons. The van der Waals surface area contributed by atoms with Gasteiger partial charge in [-0.15, -0.1) is 35.3 Å². The molecule has 0 bridgehead atoms. The number of rotatable bonds is 7. The quantitative estimate of drug-likeness (QED) is 0.283. The van der Waals surface area contributed by atoms with Gasteiger partial charge in [0.25, 0.3) is 0 Å². The van der Waals surface area contributed by atoms with Crippen LogP contribution in [0.1, 0.15) is 50.2 Å². The lowest BCUT2D eigenvalue weighted by atomic mass is 9.87. The number of halogens is 1. The Balaban J connectivity index is 0.00000288. The lowest BCUT2D eigenvalue weighted by Gasteiger charge is -2.24. The molecule has 0 radical (unpaired) electrons. The third-order valence-corrected chi connectivity index (χ3v) is 6.00. The van der Waals surface area contributed by atoms with E-state index in [-0.39, 0.29) is 24.0 Å². The van der Waals surface area contributed by atoms with Gasteiger partial charge in [-0.2, -0.15) is 0 Å². The van der Waals surface area contributed by atoms with E-state index < -0.39 is 0 Å². The zero-order valence-corrected chi connectivity index (χ0v) is 18.7. The van der Waals surface area contributed by atoms with Crippen LogP contribution in [-0.4, -0.2) is 42.5 Å². The van der Waals surface area contributed by atoms with Crippen molar-refractivity contribution in [2.24, 2.45) is 16.8 Å². The van der Waals surface area contributed by atoms with Crippen LogP contribution in [0.5, 0.6) is 0 Å². The third-order valence-electron chi connectivity index (χ3n) is 4.97. The maximum absolute atomic E-state index is 4.52. The number of hydrogen-bond donors (Lipinski definition) is 1. The van der Waals surface area contributed by atoms with Crippen molar-refractivity contribution in [1.29, 1.82) is 0 Å². The summed E-state index contributed by atoms with van der Waals surface area (Å²) in [6, 6.07) is 0. The molecule has 0 saturated carbocycles. The lowest BCUT2D eigenvalue weighted by molar-refractivity contribution is 0.319. The Morgan fingerprint density at radius 3 is 2.79 bits per heavy atom. The average molecular weight is 464 g/mol. The number of aromatic nitrogens is 1. The Kier molecular flexibility index (Phi) is 10.2. The standard InChI is InChI=1S/C18H32N4S.HI/c1-5-15(6-2)16-9-11-22(12-16)18(19-4)20-10-7-8-17-21-14(3)13-23-17;/h13,15-16H,5-12H2,1-4H3,(H,19,20);1H. The Bertz CT molecular complexity index is 499. The molecule has 4 nitrogen and oxygen atoms in total. The maximum Gasteiger partial charge on any atom is 0.193 e. The highest BCUT2D eigenvalue weighted by Gasteiger charge is 2.29. The fourth-order valence-electron chi connectivity index (χ4n) is 3.61. The highest BCUT2D eigenvalue weighted by atomic mass is 127. The Morgan fingerprint density at radius 2 is 2.21 bits per heavy atom. The molecule has 1 unspecified atom stereocenters. The zero-order chi connectivity index (χ0) is 16.7. The fraction of sp³-hybridized carbons (Fsp3) is 0.778. The fourth-order valence-corrected chi connectivity index (χ4v) is 4.43. The van der Waals surface area contributed by atoms with E-state index in [4.69, 9.17) is 0 Å². The summed E-state index contributed by atoms with van der Waals surface area (Å²) in [7, 11) is 1.90. The van der Waals surface area contributed by atoms with Crippen LogP contribution in [0.4, 0.5) is 0 Å². The van der Waals surface area contributed by atoms with Crippen molar-refractivity contribution >= 4 is 41.3 Å². The second kappa shape index (κ2) is 11.3. The molecule has 1 aliphatic heterocycles. The van der Waals surface area contributed by atoms with E-state index in [2.05, 4.69) is 46.3 Å². The smallest absolute Gasteiger partial charge is 0.193 e. The van der Waals surface area contributed by atoms with E-state index in [1.54, 1.807) is 11.3 Å². The number of hydrogen-bond acceptors (Lipinski definition) is 3. The minimum Gasteiger partial charge on any atom is -0.356 e. The summed E-state index contributed by atoms with van der Waals surface area (Å²) >= 11 is 1.77. The Morgan fingerprint density at radius 1 is 1.46 bits per heavy atom. The summed E-state index contributed by atoms with van der Waals surface area (Å²) in [5.74, 6) is 2.78. The van der Waals surface area contributed by atoms with Crippen LogP contribution < -0.4 is 5.32 Å². The molecular formula is C18H33IN4S. The summed E-state index contributed by atoms with van der Waals surface area (Å²) < 4.78 is 0. The van der Waals surface area contributed by atoms with Crippen molar-refractivity contribution in [2.75, 3.05) is 26.7 Å². The summed E-state index contributed by atoms with van der Waals surface area (Å²) in [5.41, 5.74) is 1.14. The predicted octanol–water partition coefficient (Wildman–Crippen LogP) is 4.34. The highest BCUT2D eigenvalue weighted by molar-refractivity contribution is 14.0. The normalized spacial score (nSPS) is 18.1. The van der Waals surface area contributed by atoms with Crippen molar-refractivity contribution in [3.63, 3.8) is 0 Å². The van der Waals surface area contributed by atoms with Gasteiger partial charge in [-0.05, 0) is 31.6 Å². The van der Waals surface area contributed by atoms with Crippen LogP contribution in [-0.2, 0) is 6.42 Å². The molecule has 1 N–H and O–H groups in total. The van der Waals surface area contributed by atoms with Crippen LogP contribution >= 0.6 is 35.3 Å². The van der Waals surface area contributed by atoms with Gasteiger partial charge in [0.1, 0.15) is 0 Å². The SMILES string of the molecule is CCC(CC)C1CCN(C(=NC)NCCCc2nc(C)cs2)C1.I. The molecule has 1 aromatic rings. The largest absolute Gasteiger partial charge is 0.356 e. The van der Waals surface area contributed by atoms with Crippen molar-refractivity contribution in [3.8, 4) is 0 Å². The Hall–Kier alpha value is -0.370. The first-order valence-electron chi connectivity index (χ1n) is 9.04. The molecule has 2 heterocycles. The van der Waals surface area contributed by atoms with E-state index in [1.165, 1.54) is 24.3 Å². The molecule has 0 amide bonds. The van der Waals surface area contributed by atoms with Crippen molar-refractivity contribution < 1.29 is 0 Å². The van der Waals surface area contributed by atoms with Gasteiger partial charge in [0.2, 0.25) is 0 Å². The first kappa shape index (κ1) is 21.7. The second-order valence-corrected chi connectivity index (χ2v) is 7.47. The molecule has 0 spiro atoms. The summed E-state index contributed by atoms with van der Waals surface area (Å²) in [5, 5.41) is 6.91. The van der Waals surface area contributed by atoms with E-state index in [9.17, 15) is 0 Å². The summed E-state index contributed by atoms with van der Waals surface area (Å²) in [4.78, 5) is 11.4. The molecule has 1 aromatic heterocycles. The molecule has 24 heavy (non-hydrogen) atoms. The van der Waals surface area contributed by atoms with Gasteiger partial charge in [0, 0.05) is 44.2 Å². The number of nitrogens with zero attached hydrogens (tertiary/aromatic N) is 3. The van der Waals surface area contributed by atoms with Crippen LogP contribution in [0, 0.1) is 18.8 Å². The van der Waals surface area contributed by atoms with E-state index in [0.29, 0.717) is 0 Å². The minimum absolute atomic E-state index is 0. The average Bonchev–Trinajstić information content (AvgIpc) is 3.18. The van der Waals surface area contributed by atoms with E-state index >= 15 is 0 Å². The molecule has 1 saturated heterocycles. The number of thiazole rings is 1. The van der Waals surface area contributed by atoms with Crippen LogP contribution in [0.3, 0.4) is 0 Å². The van der Waals surface area contributed by atoms with Crippen molar-refractivity contribution in [3.05, 3.63) is 16.1 Å². The molecule has 0 aliphatic carbocycles. The first-order chi connectivity index (χ1) is 11.2. The van der Waals surface area contributed by atoms with Gasteiger partial charge in [-0.3, -0.25) is 4.99 Å². The van der Waals surface area contributed by atoms with Gasteiger partial charge >= 0.3 is 0 Å². The Labute approximate surface area is 168 Å². The van der Waals surface area contributed by atoms with Crippen molar-refractivity contribution in [1.82, 2.24) is 15.2 Å². The van der Waals surface area contributed by atoms with Crippen LogP contribution in [0.15, 0.2) is 10.4 Å². The topological polar surface area (TPSA) is 40.5 Å². The summed E-state index contributed by atoms with van der Waals surface area (Å²) in [6.07, 6.45) is 6.07. The van der Waals surface area contributed by atoms with Crippen molar-refractivity contribution in [2.45, 2.75) is 52.9 Å². The minimum atomic E-state index is 0. The molecule has 1 aliphatic rings. The molecule has 0 aromatic carbocycles. The van der Waals surface area contributed by atoms with Gasteiger partial charge in [-0.1, -0.05) is 26.7 Å². The van der Waals surface area contributed by atoms with Gasteiger partial charge in [0.15, 0.2) is 5.96 Å². The van der Waals surface area contributed by atoms with Gasteiger partial charge < -0.3 is 10.2 Å². The second-order valence-electron chi connectivity index (χ2n) is 6.53. The molecule has 6 heteroatoms. The number of guanidine groups is 1. The summed E-state index contributed by atoms with van der Waals surface area (Å²) in [6.45, 7) is 9.99. The molecule has 1 atom stereocenters. The molecular weight excluding hydrogens is 431 g/mol. The predicted molar refractivity (Wildman–Crippen MR) is 116 cm³/mol.